The summed E-state index contributed by atoms with van der Waals surface area (Å²) in [6.45, 7) is 1.92. The maximum atomic E-state index is 13.6. The highest BCUT2D eigenvalue weighted by molar-refractivity contribution is 5.78. The van der Waals surface area contributed by atoms with Gasteiger partial charge in [0.2, 0.25) is 5.91 Å². The zero-order chi connectivity index (χ0) is 27.0. The molecular formula is C26H27F7N2O2. The zero-order valence-corrected chi connectivity index (χ0v) is 19.9. The Bertz CT molecular complexity index is 1070. The zero-order valence-electron chi connectivity index (χ0n) is 19.9. The lowest BCUT2D eigenvalue weighted by Gasteiger charge is -2.29. The molecule has 202 valence electrons. The highest BCUT2D eigenvalue weighted by Crippen LogP contribution is 2.42. The van der Waals surface area contributed by atoms with E-state index in [1.54, 1.807) is 12.1 Å². The van der Waals surface area contributed by atoms with Crippen LogP contribution in [0.4, 0.5) is 30.7 Å². The monoisotopic (exact) mass is 532 g/mol. The van der Waals surface area contributed by atoms with Gasteiger partial charge in [-0.25, -0.2) is 4.39 Å². The summed E-state index contributed by atoms with van der Waals surface area (Å²) in [5, 5.41) is 6.30. The third-order valence-electron chi connectivity index (χ3n) is 7.02. The third-order valence-corrected chi connectivity index (χ3v) is 7.02. The average Bonchev–Trinajstić information content (AvgIpc) is 3.42. The van der Waals surface area contributed by atoms with Crippen molar-refractivity contribution in [2.75, 3.05) is 6.54 Å². The molecule has 4 nitrogen and oxygen atoms in total. The molecule has 4 rings (SSSR count). The Morgan fingerprint density at radius 1 is 0.973 bits per heavy atom. The first-order valence-corrected chi connectivity index (χ1v) is 12.0. The van der Waals surface area contributed by atoms with Crippen molar-refractivity contribution in [3.8, 4) is 0 Å². The molecule has 2 aromatic rings. The molecule has 1 aliphatic heterocycles. The maximum Gasteiger partial charge on any atom is 0.416 e. The molecule has 1 saturated heterocycles. The molecule has 0 bridgehead atoms. The van der Waals surface area contributed by atoms with Gasteiger partial charge < -0.3 is 15.4 Å². The van der Waals surface area contributed by atoms with E-state index >= 15 is 0 Å². The number of rotatable bonds is 7. The molecule has 2 aliphatic rings. The number of carbonyl (C=O) groups excluding carboxylic acids is 1. The summed E-state index contributed by atoms with van der Waals surface area (Å²) in [5.74, 6) is -0.787. The van der Waals surface area contributed by atoms with Crippen LogP contribution in [-0.2, 0) is 21.9 Å². The summed E-state index contributed by atoms with van der Waals surface area (Å²) < 4.78 is 99.7. The first kappa shape index (κ1) is 27.4. The third kappa shape index (κ3) is 6.62. The number of benzene rings is 2. The van der Waals surface area contributed by atoms with Gasteiger partial charge in [-0.2, -0.15) is 26.3 Å². The second kappa shape index (κ2) is 10.6. The van der Waals surface area contributed by atoms with E-state index in [4.69, 9.17) is 4.74 Å². The Labute approximate surface area is 209 Å². The van der Waals surface area contributed by atoms with Crippen LogP contribution in [0.15, 0.2) is 42.5 Å². The van der Waals surface area contributed by atoms with Crippen LogP contribution in [0.1, 0.15) is 66.9 Å². The van der Waals surface area contributed by atoms with Crippen molar-refractivity contribution in [2.24, 2.45) is 0 Å². The molecule has 0 unspecified atom stereocenters. The summed E-state index contributed by atoms with van der Waals surface area (Å²) in [6, 6.07) is 7.07. The van der Waals surface area contributed by atoms with Crippen LogP contribution in [0.2, 0.25) is 0 Å². The molecule has 1 aliphatic carbocycles. The molecule has 2 fully saturated rings. The quantitative estimate of drug-likeness (QED) is 0.423. The van der Waals surface area contributed by atoms with Gasteiger partial charge >= 0.3 is 12.4 Å². The molecule has 2 N–H and O–H groups in total. The van der Waals surface area contributed by atoms with Gasteiger partial charge in [0.25, 0.3) is 0 Å². The SMILES string of the molecule is C[C@@H](O[C@H]1CC[C@@H](NC[C@@H]2CCC(=O)N2)[C@H]1c1ccc(F)cc1)c1cc(C(F)(F)F)cc(C(F)(F)F)c1. The normalized spacial score (nSPS) is 25.4. The van der Waals surface area contributed by atoms with Gasteiger partial charge in [-0.15, -0.1) is 0 Å². The van der Waals surface area contributed by atoms with Crippen LogP contribution >= 0.6 is 0 Å². The molecule has 0 spiro atoms. The Kier molecular flexibility index (Phi) is 7.85. The predicted octanol–water partition coefficient (Wildman–Crippen LogP) is 6.12. The van der Waals surface area contributed by atoms with Crippen LogP contribution in [0.25, 0.3) is 0 Å². The molecule has 1 amide bonds. The first-order chi connectivity index (χ1) is 17.3. The molecule has 11 heteroatoms. The van der Waals surface area contributed by atoms with Crippen LogP contribution in [0, 0.1) is 5.82 Å². The lowest BCUT2D eigenvalue weighted by atomic mass is 9.91. The first-order valence-electron chi connectivity index (χ1n) is 12.0. The molecule has 0 radical (unpaired) electrons. The number of amides is 1. The number of carbonyl (C=O) groups is 1. The van der Waals surface area contributed by atoms with E-state index in [-0.39, 0.29) is 35.5 Å². The lowest BCUT2D eigenvalue weighted by Crippen LogP contribution is -2.42. The topological polar surface area (TPSA) is 50.4 Å². The summed E-state index contributed by atoms with van der Waals surface area (Å²) in [4.78, 5) is 11.5. The summed E-state index contributed by atoms with van der Waals surface area (Å²) in [7, 11) is 0. The van der Waals surface area contributed by atoms with E-state index in [9.17, 15) is 35.5 Å². The van der Waals surface area contributed by atoms with Crippen LogP contribution in [0.5, 0.6) is 0 Å². The number of hydrogen-bond donors (Lipinski definition) is 2. The fraction of sp³-hybridized carbons (Fsp3) is 0.500. The second-order valence-corrected chi connectivity index (χ2v) is 9.63. The fourth-order valence-corrected chi connectivity index (χ4v) is 5.15. The summed E-state index contributed by atoms with van der Waals surface area (Å²) in [5.41, 5.74) is -2.28. The van der Waals surface area contributed by atoms with E-state index in [2.05, 4.69) is 10.6 Å². The number of hydrogen-bond acceptors (Lipinski definition) is 3. The van der Waals surface area contributed by atoms with Crippen molar-refractivity contribution in [3.05, 3.63) is 70.5 Å². The number of halogens is 7. The Balaban J connectivity index is 1.57. The van der Waals surface area contributed by atoms with Gasteiger partial charge in [-0.05, 0) is 67.6 Å². The largest absolute Gasteiger partial charge is 0.416 e. The van der Waals surface area contributed by atoms with Crippen molar-refractivity contribution in [1.82, 2.24) is 10.6 Å². The van der Waals surface area contributed by atoms with Gasteiger partial charge in [0, 0.05) is 31.0 Å². The summed E-state index contributed by atoms with van der Waals surface area (Å²) in [6.07, 6.45) is -9.27. The Hall–Kier alpha value is -2.66. The minimum Gasteiger partial charge on any atom is -0.370 e. The van der Waals surface area contributed by atoms with Gasteiger partial charge in [-0.1, -0.05) is 12.1 Å². The van der Waals surface area contributed by atoms with E-state index in [0.29, 0.717) is 44.4 Å². The molecule has 0 aromatic heterocycles. The van der Waals surface area contributed by atoms with Gasteiger partial charge in [0.1, 0.15) is 5.82 Å². The Morgan fingerprint density at radius 3 is 2.14 bits per heavy atom. The number of nitrogens with one attached hydrogen (secondary N) is 2. The van der Waals surface area contributed by atoms with Crippen LogP contribution in [0.3, 0.4) is 0 Å². The molecule has 1 heterocycles. The standard InChI is InChI=1S/C26H27F7N2O2/c1-14(16-10-17(25(28,29)30)12-18(11-16)26(31,32)33)37-22-8-7-21(34-13-20-6-9-23(36)35-20)24(22)15-2-4-19(27)5-3-15/h2-5,10-12,14,20-22,24,34H,6-9,13H2,1H3,(H,35,36)/t14-,20+,21-,22+,24-/m1/s1. The highest BCUT2D eigenvalue weighted by Gasteiger charge is 2.41. The van der Waals surface area contributed by atoms with Crippen molar-refractivity contribution >= 4 is 5.91 Å². The highest BCUT2D eigenvalue weighted by atomic mass is 19.4. The van der Waals surface area contributed by atoms with Gasteiger partial charge in [0.15, 0.2) is 0 Å². The van der Waals surface area contributed by atoms with Crippen molar-refractivity contribution in [2.45, 2.75) is 75.2 Å². The number of ether oxygens (including phenoxy) is 1. The van der Waals surface area contributed by atoms with Crippen molar-refractivity contribution < 1.29 is 40.3 Å². The van der Waals surface area contributed by atoms with E-state index < -0.39 is 41.5 Å². The van der Waals surface area contributed by atoms with E-state index in [1.807, 2.05) is 0 Å². The van der Waals surface area contributed by atoms with E-state index in [0.717, 1.165) is 5.56 Å². The molecule has 2 aromatic carbocycles. The van der Waals surface area contributed by atoms with Gasteiger partial charge in [0.05, 0.1) is 23.3 Å². The van der Waals surface area contributed by atoms with Crippen molar-refractivity contribution in [3.63, 3.8) is 0 Å². The lowest BCUT2D eigenvalue weighted by molar-refractivity contribution is -0.143. The van der Waals surface area contributed by atoms with Crippen molar-refractivity contribution in [1.29, 1.82) is 0 Å². The fourth-order valence-electron chi connectivity index (χ4n) is 5.15. The molecular weight excluding hydrogens is 505 g/mol. The van der Waals surface area contributed by atoms with Crippen LogP contribution < -0.4 is 10.6 Å². The smallest absolute Gasteiger partial charge is 0.370 e. The van der Waals surface area contributed by atoms with Crippen LogP contribution in [-0.4, -0.2) is 30.6 Å². The van der Waals surface area contributed by atoms with E-state index in [1.165, 1.54) is 19.1 Å². The molecule has 1 saturated carbocycles. The van der Waals surface area contributed by atoms with Gasteiger partial charge in [-0.3, -0.25) is 4.79 Å². The number of alkyl halides is 6. The second-order valence-electron chi connectivity index (χ2n) is 9.63. The molecule has 37 heavy (non-hydrogen) atoms. The predicted molar refractivity (Wildman–Crippen MR) is 121 cm³/mol. The Morgan fingerprint density at radius 2 is 1.59 bits per heavy atom. The summed E-state index contributed by atoms with van der Waals surface area (Å²) >= 11 is 0. The molecule has 5 atom stereocenters. The minimum absolute atomic E-state index is 0.0253. The average molecular weight is 533 g/mol. The minimum atomic E-state index is -4.95. The maximum absolute atomic E-state index is 13.6.